The molecule has 21 heavy (non-hydrogen) atoms. The molecule has 1 aromatic rings. The first-order valence-electron chi connectivity index (χ1n) is 7.32. The van der Waals surface area contributed by atoms with Crippen LogP contribution in [0.2, 0.25) is 0 Å². The predicted molar refractivity (Wildman–Crippen MR) is 92.3 cm³/mol. The summed E-state index contributed by atoms with van der Waals surface area (Å²) in [5.74, 6) is 0.201. The molecule has 1 fully saturated rings. The van der Waals surface area contributed by atoms with Crippen LogP contribution in [0.5, 0.6) is 0 Å². The van der Waals surface area contributed by atoms with E-state index in [0.717, 1.165) is 0 Å². The molecule has 1 amide bonds. The third kappa shape index (κ3) is 4.03. The maximum Gasteiger partial charge on any atom is 0.265 e. The molecule has 0 aliphatic heterocycles. The molecule has 1 aliphatic carbocycles. The third-order valence-corrected chi connectivity index (χ3v) is 6.21. The number of thiazole rings is 1. The number of carbonyl (C=O) groups excluding carboxylic acids is 1. The minimum absolute atomic E-state index is 0.109. The second-order valence-electron chi connectivity index (χ2n) is 5.81. The first-order valence-corrected chi connectivity index (χ1v) is 9.36. The van der Waals surface area contributed by atoms with Crippen molar-refractivity contribution in [1.29, 1.82) is 0 Å². The van der Waals surface area contributed by atoms with E-state index in [9.17, 15) is 4.79 Å². The number of nitrogens with two attached hydrogens (primary N) is 1. The second-order valence-corrected chi connectivity index (χ2v) is 8.08. The summed E-state index contributed by atoms with van der Waals surface area (Å²) in [4.78, 5) is 17.0. The van der Waals surface area contributed by atoms with Crippen LogP contribution in [0.1, 0.15) is 49.2 Å². The van der Waals surface area contributed by atoms with Gasteiger partial charge in [0.1, 0.15) is 10.7 Å². The minimum Gasteiger partial charge on any atom is -0.382 e. The summed E-state index contributed by atoms with van der Waals surface area (Å²) >= 11 is 3.18. The lowest BCUT2D eigenvalue weighted by molar-refractivity contribution is 0.0954. The van der Waals surface area contributed by atoms with E-state index in [2.05, 4.69) is 21.9 Å². The Balaban J connectivity index is 1.98. The van der Waals surface area contributed by atoms with Crippen LogP contribution < -0.4 is 16.4 Å². The number of nitrogen functional groups attached to an aromatic ring is 1. The van der Waals surface area contributed by atoms with Crippen molar-refractivity contribution in [2.24, 2.45) is 0 Å². The van der Waals surface area contributed by atoms with Gasteiger partial charge in [-0.3, -0.25) is 4.79 Å². The van der Waals surface area contributed by atoms with Crippen molar-refractivity contribution < 1.29 is 4.79 Å². The normalized spacial score (nSPS) is 17.1. The Labute approximate surface area is 134 Å². The van der Waals surface area contributed by atoms with Gasteiger partial charge in [-0.2, -0.15) is 11.8 Å². The molecule has 5 nitrogen and oxygen atoms in total. The van der Waals surface area contributed by atoms with Gasteiger partial charge < -0.3 is 16.4 Å². The quantitative estimate of drug-likeness (QED) is 0.748. The Kier molecular flexibility index (Phi) is 5.37. The van der Waals surface area contributed by atoms with Crippen LogP contribution in [0.4, 0.5) is 10.9 Å². The van der Waals surface area contributed by atoms with Crippen molar-refractivity contribution in [3.63, 3.8) is 0 Å². The molecular weight excluding hydrogens is 304 g/mol. The molecule has 1 aromatic heterocycles. The lowest BCUT2D eigenvalue weighted by Crippen LogP contribution is -2.38. The topological polar surface area (TPSA) is 80.0 Å². The van der Waals surface area contributed by atoms with Crippen molar-refractivity contribution in [3.8, 4) is 0 Å². The summed E-state index contributed by atoms with van der Waals surface area (Å²) < 4.78 is 0.203. The highest BCUT2D eigenvalue weighted by atomic mass is 32.2. The van der Waals surface area contributed by atoms with Gasteiger partial charge in [-0.05, 0) is 32.9 Å². The molecule has 0 atom stereocenters. The summed E-state index contributed by atoms with van der Waals surface area (Å²) in [7, 11) is 0. The molecule has 0 unspecified atom stereocenters. The Morgan fingerprint density at radius 2 is 2.14 bits per heavy atom. The number of aromatic nitrogens is 1. The average Bonchev–Trinajstić information content (AvgIpc) is 3.03. The van der Waals surface area contributed by atoms with Crippen molar-refractivity contribution in [2.75, 3.05) is 23.9 Å². The zero-order chi connectivity index (χ0) is 15.5. The van der Waals surface area contributed by atoms with E-state index >= 15 is 0 Å². The van der Waals surface area contributed by atoms with Gasteiger partial charge in [-0.1, -0.05) is 24.2 Å². The van der Waals surface area contributed by atoms with Crippen LogP contribution in [0.3, 0.4) is 0 Å². The molecule has 0 aromatic carbocycles. The zero-order valence-electron chi connectivity index (χ0n) is 12.9. The van der Waals surface area contributed by atoms with Crippen molar-refractivity contribution in [3.05, 3.63) is 4.88 Å². The SMILES string of the molecule is CSC1(CNC(=O)c2sc(NC(C)C)nc2N)CCCC1. The van der Waals surface area contributed by atoms with Crippen LogP contribution in [0, 0.1) is 0 Å². The molecule has 0 bridgehead atoms. The Morgan fingerprint density at radius 3 is 2.71 bits per heavy atom. The first kappa shape index (κ1) is 16.4. The van der Waals surface area contributed by atoms with Crippen LogP contribution in [-0.4, -0.2) is 34.5 Å². The van der Waals surface area contributed by atoms with Gasteiger partial charge in [0, 0.05) is 17.3 Å². The smallest absolute Gasteiger partial charge is 0.265 e. The molecule has 0 saturated heterocycles. The Morgan fingerprint density at radius 1 is 1.48 bits per heavy atom. The zero-order valence-corrected chi connectivity index (χ0v) is 14.5. The molecule has 1 aliphatic rings. The number of hydrogen-bond donors (Lipinski definition) is 3. The molecule has 0 spiro atoms. The fraction of sp³-hybridized carbons (Fsp3) is 0.714. The van der Waals surface area contributed by atoms with Crippen molar-refractivity contribution >= 4 is 40.0 Å². The van der Waals surface area contributed by atoms with E-state index in [4.69, 9.17) is 5.73 Å². The molecule has 1 saturated carbocycles. The molecule has 4 N–H and O–H groups in total. The largest absolute Gasteiger partial charge is 0.382 e. The highest BCUT2D eigenvalue weighted by Crippen LogP contribution is 2.39. The number of carbonyl (C=O) groups is 1. The molecule has 118 valence electrons. The van der Waals surface area contributed by atoms with E-state index in [0.29, 0.717) is 22.4 Å². The maximum absolute atomic E-state index is 12.3. The lowest BCUT2D eigenvalue weighted by atomic mass is 10.1. The summed E-state index contributed by atoms with van der Waals surface area (Å²) in [6.45, 7) is 4.76. The van der Waals surface area contributed by atoms with E-state index in [1.54, 1.807) is 0 Å². The summed E-state index contributed by atoms with van der Waals surface area (Å²) in [5, 5.41) is 6.92. The number of thioether (sulfide) groups is 1. The Bertz CT molecular complexity index is 495. The molecule has 7 heteroatoms. The molecular formula is C14H24N4OS2. The number of amides is 1. The average molecular weight is 329 g/mol. The van der Waals surface area contributed by atoms with E-state index < -0.39 is 0 Å². The van der Waals surface area contributed by atoms with Gasteiger partial charge in [0.2, 0.25) is 0 Å². The predicted octanol–water partition coefficient (Wildman–Crippen LogP) is 2.95. The summed E-state index contributed by atoms with van der Waals surface area (Å²) in [5.41, 5.74) is 5.86. The summed E-state index contributed by atoms with van der Waals surface area (Å²) in [6.07, 6.45) is 6.98. The molecule has 2 rings (SSSR count). The van der Waals surface area contributed by atoms with Gasteiger partial charge in [0.25, 0.3) is 5.91 Å². The van der Waals surface area contributed by atoms with Gasteiger partial charge >= 0.3 is 0 Å². The highest BCUT2D eigenvalue weighted by Gasteiger charge is 2.33. The van der Waals surface area contributed by atoms with Crippen LogP contribution >= 0.6 is 23.1 Å². The Hall–Kier alpha value is -0.950. The number of nitrogens with zero attached hydrogens (tertiary/aromatic N) is 1. The third-order valence-electron chi connectivity index (χ3n) is 3.79. The van der Waals surface area contributed by atoms with E-state index in [-0.39, 0.29) is 16.7 Å². The molecule has 0 radical (unpaired) electrons. The summed E-state index contributed by atoms with van der Waals surface area (Å²) in [6, 6.07) is 0.268. The van der Waals surface area contributed by atoms with Gasteiger partial charge in [-0.15, -0.1) is 0 Å². The number of nitrogens with one attached hydrogen (secondary N) is 2. The second kappa shape index (κ2) is 6.87. The van der Waals surface area contributed by atoms with E-state index in [1.807, 2.05) is 25.6 Å². The number of anilines is 2. The fourth-order valence-electron chi connectivity index (χ4n) is 2.60. The van der Waals surface area contributed by atoms with E-state index in [1.165, 1.54) is 37.0 Å². The van der Waals surface area contributed by atoms with Crippen LogP contribution in [-0.2, 0) is 0 Å². The van der Waals surface area contributed by atoms with Gasteiger partial charge in [-0.25, -0.2) is 4.98 Å². The van der Waals surface area contributed by atoms with Gasteiger partial charge in [0.15, 0.2) is 5.13 Å². The highest BCUT2D eigenvalue weighted by molar-refractivity contribution is 8.00. The maximum atomic E-state index is 12.3. The van der Waals surface area contributed by atoms with Crippen LogP contribution in [0.15, 0.2) is 0 Å². The van der Waals surface area contributed by atoms with Crippen molar-refractivity contribution in [2.45, 2.75) is 50.3 Å². The van der Waals surface area contributed by atoms with Crippen LogP contribution in [0.25, 0.3) is 0 Å². The lowest BCUT2D eigenvalue weighted by Gasteiger charge is -2.26. The van der Waals surface area contributed by atoms with Crippen molar-refractivity contribution in [1.82, 2.24) is 10.3 Å². The minimum atomic E-state index is -0.109. The van der Waals surface area contributed by atoms with Gasteiger partial charge in [0.05, 0.1) is 0 Å². The number of hydrogen-bond acceptors (Lipinski definition) is 6. The number of rotatable bonds is 6. The fourth-order valence-corrected chi connectivity index (χ4v) is 4.46. The molecule has 1 heterocycles. The standard InChI is InChI=1S/C14H24N4OS2/c1-9(2)17-13-18-11(15)10(21-13)12(19)16-8-14(20-3)6-4-5-7-14/h9H,4-8,15H2,1-3H3,(H,16,19)(H,17,18). The monoisotopic (exact) mass is 328 g/mol. The first-order chi connectivity index (χ1) is 9.96.